The van der Waals surface area contributed by atoms with Gasteiger partial charge in [-0.3, -0.25) is 4.90 Å². The van der Waals surface area contributed by atoms with Gasteiger partial charge in [0.25, 0.3) is 0 Å². The van der Waals surface area contributed by atoms with Gasteiger partial charge < -0.3 is 10.2 Å². The van der Waals surface area contributed by atoms with E-state index in [0.29, 0.717) is 12.1 Å². The minimum absolute atomic E-state index is 0.00901. The van der Waals surface area contributed by atoms with E-state index in [0.717, 1.165) is 26.1 Å². The molecule has 0 amide bonds. The first-order chi connectivity index (χ1) is 7.58. The van der Waals surface area contributed by atoms with E-state index < -0.39 is 0 Å². The molecule has 4 heteroatoms. The van der Waals surface area contributed by atoms with Gasteiger partial charge in [-0.1, -0.05) is 0 Å². The molecule has 1 aliphatic rings. The van der Waals surface area contributed by atoms with Crippen LogP contribution in [0.5, 0.6) is 0 Å². The summed E-state index contributed by atoms with van der Waals surface area (Å²) in [6.45, 7) is 7.78. The fourth-order valence-corrected chi connectivity index (χ4v) is 2.28. The van der Waals surface area contributed by atoms with Gasteiger partial charge in [0.15, 0.2) is 0 Å². The lowest BCUT2D eigenvalue weighted by Crippen LogP contribution is -2.55. The summed E-state index contributed by atoms with van der Waals surface area (Å²) in [5.74, 6) is 0. The van der Waals surface area contributed by atoms with Gasteiger partial charge >= 0.3 is 0 Å². The molecule has 1 rings (SSSR count). The highest BCUT2D eigenvalue weighted by atomic mass is 15.3. The third-order valence-corrected chi connectivity index (χ3v) is 3.67. The smallest absolute Gasteiger partial charge is 0.0962 e. The highest BCUT2D eigenvalue weighted by molar-refractivity contribution is 4.90. The molecule has 0 spiro atoms. The number of nitrogens with one attached hydrogen (secondary N) is 1. The fourth-order valence-electron chi connectivity index (χ4n) is 2.28. The van der Waals surface area contributed by atoms with Gasteiger partial charge in [-0.15, -0.1) is 0 Å². The molecule has 16 heavy (non-hydrogen) atoms. The molecule has 0 aliphatic carbocycles. The zero-order valence-electron chi connectivity index (χ0n) is 10.9. The third-order valence-electron chi connectivity index (χ3n) is 3.67. The van der Waals surface area contributed by atoms with Crippen LogP contribution in [-0.2, 0) is 0 Å². The molecule has 0 saturated carbocycles. The van der Waals surface area contributed by atoms with Gasteiger partial charge in [0, 0.05) is 31.7 Å². The first-order valence-corrected chi connectivity index (χ1v) is 6.09. The fraction of sp³-hybridized carbons (Fsp3) is 0.917. The molecule has 0 aromatic heterocycles. The predicted molar refractivity (Wildman–Crippen MR) is 66.2 cm³/mol. The molecule has 1 N–H and O–H groups in total. The molecule has 1 aliphatic heterocycles. The van der Waals surface area contributed by atoms with Crippen molar-refractivity contribution in [2.24, 2.45) is 0 Å². The van der Waals surface area contributed by atoms with Crippen LogP contribution in [0, 0.1) is 11.3 Å². The van der Waals surface area contributed by atoms with E-state index in [4.69, 9.17) is 5.26 Å². The first kappa shape index (κ1) is 13.4. The summed E-state index contributed by atoms with van der Waals surface area (Å²) >= 11 is 0. The molecule has 4 nitrogen and oxygen atoms in total. The van der Waals surface area contributed by atoms with Gasteiger partial charge in [-0.2, -0.15) is 5.26 Å². The van der Waals surface area contributed by atoms with E-state index in [2.05, 4.69) is 42.1 Å². The van der Waals surface area contributed by atoms with Gasteiger partial charge in [0.1, 0.15) is 0 Å². The quantitative estimate of drug-likeness (QED) is 0.755. The van der Waals surface area contributed by atoms with Gasteiger partial charge in [-0.05, 0) is 34.4 Å². The lowest BCUT2D eigenvalue weighted by molar-refractivity contribution is 0.0587. The molecular weight excluding hydrogens is 200 g/mol. The van der Waals surface area contributed by atoms with E-state index in [1.54, 1.807) is 0 Å². The molecule has 1 fully saturated rings. The predicted octanol–water partition coefficient (Wildman–Crippen LogP) is 0.512. The summed E-state index contributed by atoms with van der Waals surface area (Å²) in [6, 6.07) is 3.49. The number of nitrogens with zero attached hydrogens (tertiary/aromatic N) is 3. The SMILES string of the molecule is CNC(C#N)CCN1CC(C)N(C)C(C)C1. The van der Waals surface area contributed by atoms with Crippen LogP contribution in [0.3, 0.4) is 0 Å². The number of rotatable bonds is 4. The average Bonchev–Trinajstić information content (AvgIpc) is 2.27. The summed E-state index contributed by atoms with van der Waals surface area (Å²) in [5.41, 5.74) is 0. The van der Waals surface area contributed by atoms with Crippen LogP contribution in [0.25, 0.3) is 0 Å². The highest BCUT2D eigenvalue weighted by Gasteiger charge is 2.26. The summed E-state index contributed by atoms with van der Waals surface area (Å²) in [7, 11) is 4.04. The molecule has 1 heterocycles. The maximum Gasteiger partial charge on any atom is 0.0962 e. The summed E-state index contributed by atoms with van der Waals surface area (Å²) in [6.07, 6.45) is 0.913. The van der Waals surface area contributed by atoms with Crippen molar-refractivity contribution in [3.8, 4) is 6.07 Å². The number of hydrogen-bond donors (Lipinski definition) is 1. The molecule has 0 radical (unpaired) electrons. The Balaban J connectivity index is 2.36. The van der Waals surface area contributed by atoms with Crippen LogP contribution < -0.4 is 5.32 Å². The molecule has 3 atom stereocenters. The van der Waals surface area contributed by atoms with Gasteiger partial charge in [-0.25, -0.2) is 0 Å². The van der Waals surface area contributed by atoms with Crippen molar-refractivity contribution >= 4 is 0 Å². The Kier molecular flexibility index (Phi) is 5.20. The Labute approximate surface area is 99.2 Å². The number of nitriles is 1. The molecule has 1 saturated heterocycles. The van der Waals surface area contributed by atoms with Gasteiger partial charge in [0.05, 0.1) is 12.1 Å². The van der Waals surface area contributed by atoms with Crippen LogP contribution in [0.1, 0.15) is 20.3 Å². The maximum absolute atomic E-state index is 8.86. The van der Waals surface area contributed by atoms with Crippen LogP contribution in [0.4, 0.5) is 0 Å². The first-order valence-electron chi connectivity index (χ1n) is 6.09. The van der Waals surface area contributed by atoms with Crippen LogP contribution in [0.2, 0.25) is 0 Å². The Morgan fingerprint density at radius 1 is 1.38 bits per heavy atom. The van der Waals surface area contributed by atoms with Crippen molar-refractivity contribution in [3.05, 3.63) is 0 Å². The largest absolute Gasteiger partial charge is 0.305 e. The minimum atomic E-state index is -0.00901. The lowest BCUT2D eigenvalue weighted by Gasteiger charge is -2.42. The van der Waals surface area contributed by atoms with E-state index in [1.807, 2.05) is 7.05 Å². The minimum Gasteiger partial charge on any atom is -0.305 e. The average molecular weight is 224 g/mol. The second-order valence-electron chi connectivity index (χ2n) is 4.88. The highest BCUT2D eigenvalue weighted by Crippen LogP contribution is 2.13. The monoisotopic (exact) mass is 224 g/mol. The number of piperazine rings is 1. The molecular formula is C12H24N4. The van der Waals surface area contributed by atoms with E-state index >= 15 is 0 Å². The van der Waals surface area contributed by atoms with Crippen molar-refractivity contribution in [2.45, 2.75) is 38.4 Å². The number of hydrogen-bond acceptors (Lipinski definition) is 4. The van der Waals surface area contributed by atoms with Crippen molar-refractivity contribution in [1.29, 1.82) is 5.26 Å². The van der Waals surface area contributed by atoms with Gasteiger partial charge in [0.2, 0.25) is 0 Å². The zero-order chi connectivity index (χ0) is 12.1. The second kappa shape index (κ2) is 6.19. The topological polar surface area (TPSA) is 42.3 Å². The van der Waals surface area contributed by atoms with Crippen LogP contribution in [-0.4, -0.2) is 61.7 Å². The molecule has 0 bridgehead atoms. The third kappa shape index (κ3) is 3.44. The lowest BCUT2D eigenvalue weighted by atomic mass is 10.1. The summed E-state index contributed by atoms with van der Waals surface area (Å²) in [5, 5.41) is 11.9. The van der Waals surface area contributed by atoms with Crippen LogP contribution in [0.15, 0.2) is 0 Å². The van der Waals surface area contributed by atoms with Crippen LogP contribution >= 0.6 is 0 Å². The molecule has 0 aromatic carbocycles. The van der Waals surface area contributed by atoms with Crippen molar-refractivity contribution < 1.29 is 0 Å². The van der Waals surface area contributed by atoms with E-state index in [9.17, 15) is 0 Å². The normalized spacial score (nSPS) is 29.9. The molecule has 92 valence electrons. The van der Waals surface area contributed by atoms with Crippen molar-refractivity contribution in [2.75, 3.05) is 33.7 Å². The maximum atomic E-state index is 8.86. The summed E-state index contributed by atoms with van der Waals surface area (Å²) < 4.78 is 0. The Hall–Kier alpha value is -0.630. The molecule has 0 aromatic rings. The van der Waals surface area contributed by atoms with E-state index in [1.165, 1.54) is 0 Å². The van der Waals surface area contributed by atoms with E-state index in [-0.39, 0.29) is 6.04 Å². The standard InChI is InChI=1S/C12H24N4/c1-10-8-16(9-11(2)15(10)4)6-5-12(7-13)14-3/h10-12,14H,5-6,8-9H2,1-4H3. The summed E-state index contributed by atoms with van der Waals surface area (Å²) in [4.78, 5) is 4.90. The molecule has 3 unspecified atom stereocenters. The Bertz CT molecular complexity index is 236. The number of likely N-dealkylation sites (N-methyl/N-ethyl adjacent to an activating group) is 1. The zero-order valence-corrected chi connectivity index (χ0v) is 10.9. The second-order valence-corrected chi connectivity index (χ2v) is 4.88. The Morgan fingerprint density at radius 2 is 1.94 bits per heavy atom. The van der Waals surface area contributed by atoms with Crippen molar-refractivity contribution in [1.82, 2.24) is 15.1 Å². The van der Waals surface area contributed by atoms with Crippen molar-refractivity contribution in [3.63, 3.8) is 0 Å². The Morgan fingerprint density at radius 3 is 2.38 bits per heavy atom.